The Morgan fingerprint density at radius 3 is 2.79 bits per heavy atom. The van der Waals surface area contributed by atoms with E-state index in [2.05, 4.69) is 39.6 Å². The molecule has 0 atom stereocenters. The third kappa shape index (κ3) is 2.47. The van der Waals surface area contributed by atoms with Gasteiger partial charge in [-0.05, 0) is 51.4 Å². The highest BCUT2D eigenvalue weighted by Gasteiger charge is 2.19. The number of aromatic nitrogens is 3. The average Bonchev–Trinajstić information content (AvgIpc) is 2.70. The number of fused-ring (bicyclic) bond motifs is 1. The van der Waals surface area contributed by atoms with Crippen molar-refractivity contribution < 1.29 is 0 Å². The molecule has 0 radical (unpaired) electrons. The van der Waals surface area contributed by atoms with Crippen LogP contribution in [0.25, 0.3) is 11.0 Å². The second kappa shape index (κ2) is 5.10. The monoisotopic (exact) mass is 278 g/mol. The summed E-state index contributed by atoms with van der Waals surface area (Å²) in [6.07, 6.45) is 6.22. The van der Waals surface area contributed by atoms with Gasteiger partial charge in [0.2, 0.25) is 0 Å². The van der Waals surface area contributed by atoms with Crippen LogP contribution in [0.1, 0.15) is 18.4 Å². The first-order chi connectivity index (χ1) is 9.15. The number of hydrogen-bond acceptors (Lipinski definition) is 3. The first kappa shape index (κ1) is 12.9. The summed E-state index contributed by atoms with van der Waals surface area (Å²) in [6, 6.07) is 0. The van der Waals surface area contributed by atoms with Gasteiger partial charge in [-0.15, -0.1) is 0 Å². The van der Waals surface area contributed by atoms with Crippen LogP contribution in [0.15, 0.2) is 12.5 Å². The van der Waals surface area contributed by atoms with Gasteiger partial charge in [-0.25, -0.2) is 9.97 Å². The van der Waals surface area contributed by atoms with E-state index in [1.54, 1.807) is 6.33 Å². The summed E-state index contributed by atoms with van der Waals surface area (Å²) in [5.41, 5.74) is 2.13. The predicted octanol–water partition coefficient (Wildman–Crippen LogP) is 2.73. The van der Waals surface area contributed by atoms with Crippen LogP contribution >= 0.6 is 11.6 Å². The van der Waals surface area contributed by atoms with Gasteiger partial charge in [0.25, 0.3) is 0 Å². The highest BCUT2D eigenvalue weighted by molar-refractivity contribution is 6.34. The van der Waals surface area contributed by atoms with Gasteiger partial charge in [0.05, 0.1) is 5.39 Å². The largest absolute Gasteiger partial charge is 0.332 e. The molecule has 0 amide bonds. The average molecular weight is 279 g/mol. The Balaban J connectivity index is 1.87. The molecule has 3 heterocycles. The van der Waals surface area contributed by atoms with Crippen molar-refractivity contribution in [3.05, 3.63) is 23.2 Å². The Bertz CT molecular complexity index is 584. The van der Waals surface area contributed by atoms with Crippen molar-refractivity contribution in [2.24, 2.45) is 5.92 Å². The van der Waals surface area contributed by atoms with E-state index in [0.717, 1.165) is 29.1 Å². The van der Waals surface area contributed by atoms with Crippen LogP contribution < -0.4 is 0 Å². The standard InChI is InChI=1S/C14H19ClN4/c1-10-7-19(8-11-3-5-18(2)6-4-11)14-12(10)13(15)16-9-17-14/h7,9,11H,3-6,8H2,1-2H3. The van der Waals surface area contributed by atoms with E-state index >= 15 is 0 Å². The predicted molar refractivity (Wildman–Crippen MR) is 77.5 cm³/mol. The molecular formula is C14H19ClN4. The van der Waals surface area contributed by atoms with Crippen molar-refractivity contribution >= 4 is 22.6 Å². The Hall–Kier alpha value is -1.13. The van der Waals surface area contributed by atoms with Gasteiger partial charge >= 0.3 is 0 Å². The highest BCUT2D eigenvalue weighted by atomic mass is 35.5. The number of halogens is 1. The fourth-order valence-electron chi connectivity index (χ4n) is 2.93. The minimum atomic E-state index is 0.560. The maximum Gasteiger partial charge on any atom is 0.145 e. The summed E-state index contributed by atoms with van der Waals surface area (Å²) < 4.78 is 2.24. The lowest BCUT2D eigenvalue weighted by molar-refractivity contribution is 0.206. The molecule has 19 heavy (non-hydrogen) atoms. The van der Waals surface area contributed by atoms with Gasteiger partial charge in [-0.2, -0.15) is 0 Å². The van der Waals surface area contributed by atoms with Crippen molar-refractivity contribution in [3.8, 4) is 0 Å². The quantitative estimate of drug-likeness (QED) is 0.792. The Morgan fingerprint density at radius 2 is 2.05 bits per heavy atom. The Kier molecular flexibility index (Phi) is 3.46. The van der Waals surface area contributed by atoms with Crippen molar-refractivity contribution in [1.29, 1.82) is 0 Å². The van der Waals surface area contributed by atoms with Gasteiger partial charge < -0.3 is 9.47 Å². The Labute approximate surface area is 118 Å². The minimum Gasteiger partial charge on any atom is -0.332 e. The SMILES string of the molecule is Cc1cn(CC2CCN(C)CC2)c2ncnc(Cl)c12. The molecule has 102 valence electrons. The number of hydrogen-bond donors (Lipinski definition) is 0. The van der Waals surface area contributed by atoms with E-state index in [1.807, 2.05) is 0 Å². The molecule has 0 aliphatic carbocycles. The Morgan fingerprint density at radius 1 is 1.32 bits per heavy atom. The molecule has 2 aromatic heterocycles. The zero-order valence-corrected chi connectivity index (χ0v) is 12.2. The number of likely N-dealkylation sites (tertiary alicyclic amines) is 1. The van der Waals surface area contributed by atoms with Crippen LogP contribution in [0.2, 0.25) is 5.15 Å². The third-order valence-corrected chi connectivity index (χ3v) is 4.38. The topological polar surface area (TPSA) is 34.0 Å². The van der Waals surface area contributed by atoms with Gasteiger partial charge in [0.1, 0.15) is 17.1 Å². The number of nitrogens with zero attached hydrogens (tertiary/aromatic N) is 4. The zero-order chi connectivity index (χ0) is 13.4. The fraction of sp³-hybridized carbons (Fsp3) is 0.571. The maximum absolute atomic E-state index is 6.17. The van der Waals surface area contributed by atoms with Crippen LogP contribution in [0.3, 0.4) is 0 Å². The van der Waals surface area contributed by atoms with E-state index in [1.165, 1.54) is 25.9 Å². The lowest BCUT2D eigenvalue weighted by Gasteiger charge is -2.29. The number of aryl methyl sites for hydroxylation is 1. The molecule has 1 saturated heterocycles. The van der Waals surface area contributed by atoms with Gasteiger partial charge in [-0.3, -0.25) is 0 Å². The third-order valence-electron chi connectivity index (χ3n) is 4.09. The van der Waals surface area contributed by atoms with Crippen molar-refractivity contribution in [1.82, 2.24) is 19.4 Å². The van der Waals surface area contributed by atoms with E-state index in [4.69, 9.17) is 11.6 Å². The lowest BCUT2D eigenvalue weighted by Crippen LogP contribution is -2.31. The van der Waals surface area contributed by atoms with Gasteiger partial charge in [-0.1, -0.05) is 11.6 Å². The van der Waals surface area contributed by atoms with Crippen LogP contribution in [0.5, 0.6) is 0 Å². The zero-order valence-electron chi connectivity index (χ0n) is 11.4. The van der Waals surface area contributed by atoms with E-state index in [-0.39, 0.29) is 0 Å². The summed E-state index contributed by atoms with van der Waals surface area (Å²) in [4.78, 5) is 10.9. The highest BCUT2D eigenvalue weighted by Crippen LogP contribution is 2.27. The molecule has 2 aromatic rings. The first-order valence-corrected chi connectivity index (χ1v) is 7.17. The molecule has 0 aromatic carbocycles. The van der Waals surface area contributed by atoms with E-state index in [0.29, 0.717) is 5.15 Å². The second-order valence-electron chi connectivity index (χ2n) is 5.57. The minimum absolute atomic E-state index is 0.560. The van der Waals surface area contributed by atoms with Gasteiger partial charge in [0.15, 0.2) is 0 Å². The molecule has 3 rings (SSSR count). The lowest BCUT2D eigenvalue weighted by atomic mass is 9.97. The van der Waals surface area contributed by atoms with Crippen LogP contribution in [-0.4, -0.2) is 39.6 Å². The van der Waals surface area contributed by atoms with Crippen LogP contribution in [-0.2, 0) is 6.54 Å². The normalized spacial score (nSPS) is 18.3. The van der Waals surface area contributed by atoms with Crippen molar-refractivity contribution in [2.45, 2.75) is 26.3 Å². The van der Waals surface area contributed by atoms with Crippen LogP contribution in [0, 0.1) is 12.8 Å². The maximum atomic E-state index is 6.17. The summed E-state index contributed by atoms with van der Waals surface area (Å²) in [5.74, 6) is 0.736. The molecule has 0 N–H and O–H groups in total. The summed E-state index contributed by atoms with van der Waals surface area (Å²) in [7, 11) is 2.19. The summed E-state index contributed by atoms with van der Waals surface area (Å²) >= 11 is 6.17. The molecule has 0 unspecified atom stereocenters. The van der Waals surface area contributed by atoms with Gasteiger partial charge in [0, 0.05) is 12.7 Å². The molecule has 1 aliphatic heterocycles. The molecular weight excluding hydrogens is 260 g/mol. The molecule has 0 bridgehead atoms. The number of piperidine rings is 1. The molecule has 1 aliphatic rings. The molecule has 0 saturated carbocycles. The second-order valence-corrected chi connectivity index (χ2v) is 5.93. The van der Waals surface area contributed by atoms with E-state index in [9.17, 15) is 0 Å². The molecule has 4 nitrogen and oxygen atoms in total. The first-order valence-electron chi connectivity index (χ1n) is 6.79. The molecule has 5 heteroatoms. The van der Waals surface area contributed by atoms with Crippen molar-refractivity contribution in [3.63, 3.8) is 0 Å². The van der Waals surface area contributed by atoms with Crippen molar-refractivity contribution in [2.75, 3.05) is 20.1 Å². The summed E-state index contributed by atoms with van der Waals surface area (Å²) in [6.45, 7) is 5.49. The fourth-order valence-corrected chi connectivity index (χ4v) is 3.21. The molecule has 1 fully saturated rings. The summed E-state index contributed by atoms with van der Waals surface area (Å²) in [5, 5.41) is 1.56. The number of rotatable bonds is 2. The van der Waals surface area contributed by atoms with Crippen LogP contribution in [0.4, 0.5) is 0 Å². The molecule has 0 spiro atoms. The van der Waals surface area contributed by atoms with E-state index < -0.39 is 0 Å². The smallest absolute Gasteiger partial charge is 0.145 e.